The minimum Gasteiger partial charge on any atom is -0.455 e. The van der Waals surface area contributed by atoms with Crippen LogP contribution in [0.3, 0.4) is 0 Å². The highest BCUT2D eigenvalue weighted by molar-refractivity contribution is 7.92. The van der Waals surface area contributed by atoms with Crippen molar-refractivity contribution < 1.29 is 30.8 Å². The van der Waals surface area contributed by atoms with Crippen LogP contribution in [-0.2, 0) is 10.0 Å². The molecule has 6 aromatic rings. The van der Waals surface area contributed by atoms with Gasteiger partial charge in [-0.1, -0.05) is 29.8 Å². The predicted molar refractivity (Wildman–Crippen MR) is 163 cm³/mol. The van der Waals surface area contributed by atoms with Gasteiger partial charge in [-0.05, 0) is 42.8 Å². The van der Waals surface area contributed by atoms with E-state index in [-0.39, 0.29) is 50.4 Å². The van der Waals surface area contributed by atoms with Crippen molar-refractivity contribution in [2.75, 3.05) is 24.7 Å². The Balaban J connectivity index is 1.67. The highest BCUT2D eigenvalue weighted by Gasteiger charge is 2.26. The van der Waals surface area contributed by atoms with E-state index in [1.807, 2.05) is 31.2 Å². The quantitative estimate of drug-likeness (QED) is 0.227. The largest absolute Gasteiger partial charge is 0.455 e. The van der Waals surface area contributed by atoms with Crippen molar-refractivity contribution in [2.45, 2.75) is 6.92 Å². The molecule has 0 bridgehead atoms. The molecule has 224 valence electrons. The number of anilines is 1. The predicted octanol–water partition coefficient (Wildman–Crippen LogP) is 6.59. The summed E-state index contributed by atoms with van der Waals surface area (Å²) in [5.74, 6) is -2.57. The summed E-state index contributed by atoms with van der Waals surface area (Å²) in [6.07, 6.45) is 2.26. The van der Waals surface area contributed by atoms with E-state index in [1.165, 1.54) is 43.2 Å². The lowest BCUT2D eigenvalue weighted by Crippen LogP contribution is -2.25. The Labute approximate surface area is 250 Å². The van der Waals surface area contributed by atoms with Gasteiger partial charge in [0, 0.05) is 42.7 Å². The first-order chi connectivity index (χ1) is 20.8. The molecule has 1 N–H and O–H groups in total. The average Bonchev–Trinajstić information content (AvgIpc) is 3.57. The van der Waals surface area contributed by atoms with Crippen molar-refractivity contribution in [3.8, 4) is 28.1 Å². The second-order valence-electron chi connectivity index (χ2n) is 10.4. The molecule has 0 unspecified atom stereocenters. The minimum atomic E-state index is -3.82. The number of furan rings is 1. The van der Waals surface area contributed by atoms with Crippen LogP contribution in [-0.4, -0.2) is 44.2 Å². The fourth-order valence-electron chi connectivity index (χ4n) is 5.17. The van der Waals surface area contributed by atoms with Gasteiger partial charge in [0.15, 0.2) is 5.82 Å². The molecule has 8 nitrogen and oxygen atoms in total. The summed E-state index contributed by atoms with van der Waals surface area (Å²) in [4.78, 5) is 17.3. The first kappa shape index (κ1) is 29.0. The maximum Gasteiger partial charge on any atom is 0.255 e. The number of benzene rings is 4. The first-order valence-corrected chi connectivity index (χ1v) is 15.2. The van der Waals surface area contributed by atoms with Crippen LogP contribution < -0.4 is 9.62 Å². The van der Waals surface area contributed by atoms with E-state index in [1.54, 1.807) is 6.07 Å². The zero-order valence-electron chi connectivity index (χ0n) is 23.9. The van der Waals surface area contributed by atoms with Gasteiger partial charge in [0.1, 0.15) is 34.8 Å². The Morgan fingerprint density at radius 2 is 1.64 bits per heavy atom. The molecule has 12 heteroatoms. The second kappa shape index (κ2) is 10.6. The molecule has 0 saturated heterocycles. The monoisotopic (exact) mass is 618 g/mol. The summed E-state index contributed by atoms with van der Waals surface area (Å²) in [6.45, 7) is 1.92. The minimum absolute atomic E-state index is 0.0615. The van der Waals surface area contributed by atoms with E-state index in [9.17, 15) is 22.0 Å². The lowest BCUT2D eigenvalue weighted by atomic mass is 9.97. The van der Waals surface area contributed by atoms with Crippen LogP contribution in [0.2, 0.25) is 0 Å². The van der Waals surface area contributed by atoms with Crippen molar-refractivity contribution in [1.29, 1.82) is 0 Å². The first-order valence-electron chi connectivity index (χ1n) is 13.3. The van der Waals surface area contributed by atoms with Crippen LogP contribution in [0.1, 0.15) is 15.9 Å². The van der Waals surface area contributed by atoms with Gasteiger partial charge in [0.2, 0.25) is 10.0 Å². The number of hydrogen-bond acceptors (Lipinski definition) is 5. The van der Waals surface area contributed by atoms with Crippen LogP contribution in [0.4, 0.5) is 18.9 Å². The number of rotatable bonds is 6. The summed E-state index contributed by atoms with van der Waals surface area (Å²) in [5.41, 5.74) is 2.89. The number of hydrogen-bond donors (Lipinski definition) is 1. The van der Waals surface area contributed by atoms with Crippen LogP contribution in [0.5, 0.6) is 0 Å². The normalized spacial score (nSPS) is 11.8. The molecule has 2 aromatic heterocycles. The Bertz CT molecular complexity index is 2200. The van der Waals surface area contributed by atoms with Gasteiger partial charge in [-0.25, -0.2) is 26.6 Å². The number of sulfonamides is 1. The van der Waals surface area contributed by atoms with E-state index in [0.717, 1.165) is 34.3 Å². The molecule has 0 atom stereocenters. The Morgan fingerprint density at radius 3 is 2.27 bits per heavy atom. The molecule has 0 saturated carbocycles. The number of nitrogens with one attached hydrogen (secondary N) is 1. The third kappa shape index (κ3) is 4.96. The molecule has 4 aromatic carbocycles. The Morgan fingerprint density at radius 1 is 0.955 bits per heavy atom. The zero-order valence-corrected chi connectivity index (χ0v) is 24.8. The van der Waals surface area contributed by atoms with Gasteiger partial charge < -0.3 is 9.73 Å². The number of fused-ring (bicyclic) bond motifs is 2. The van der Waals surface area contributed by atoms with Crippen LogP contribution in [0.15, 0.2) is 77.5 Å². The highest BCUT2D eigenvalue weighted by Crippen LogP contribution is 2.42. The fraction of sp³-hybridized carbons (Fsp3) is 0.125. The SMILES string of the molecule is CNC(=O)c1c(-c2ccc(C)cc2)oc2cc(N(C)S(C)(=O)=O)c(-c3cc(F)c4ncn(-c5cc(F)cc(F)c5)c4c3)cc12. The van der Waals surface area contributed by atoms with Crippen LogP contribution >= 0.6 is 0 Å². The van der Waals surface area contributed by atoms with Gasteiger partial charge in [-0.15, -0.1) is 0 Å². The van der Waals surface area contributed by atoms with Gasteiger partial charge in [0.05, 0.1) is 28.7 Å². The van der Waals surface area contributed by atoms with Crippen molar-refractivity contribution in [2.24, 2.45) is 0 Å². The molecule has 0 radical (unpaired) electrons. The van der Waals surface area contributed by atoms with Crippen LogP contribution in [0, 0.1) is 24.4 Å². The molecule has 0 fully saturated rings. The van der Waals surface area contributed by atoms with Crippen molar-refractivity contribution >= 4 is 43.6 Å². The van der Waals surface area contributed by atoms with Gasteiger partial charge in [-0.2, -0.15) is 0 Å². The van der Waals surface area contributed by atoms with Crippen molar-refractivity contribution in [1.82, 2.24) is 14.9 Å². The number of halogens is 3. The van der Waals surface area contributed by atoms with E-state index >= 15 is 4.39 Å². The number of nitrogens with zero attached hydrogens (tertiary/aromatic N) is 3. The number of carbonyl (C=O) groups excluding carboxylic acids is 1. The van der Waals surface area contributed by atoms with E-state index in [2.05, 4.69) is 10.3 Å². The zero-order chi connectivity index (χ0) is 31.5. The summed E-state index contributed by atoms with van der Waals surface area (Å²) in [7, 11) is -0.997. The summed E-state index contributed by atoms with van der Waals surface area (Å²) >= 11 is 0. The van der Waals surface area contributed by atoms with Crippen molar-refractivity contribution in [3.63, 3.8) is 0 Å². The van der Waals surface area contributed by atoms with Crippen LogP contribution in [0.25, 0.3) is 50.1 Å². The number of carbonyl (C=O) groups is 1. The standard InChI is InChI=1S/C32H25F3N4O4S/c1-17-5-7-18(8-6-17)31-29(32(40)36-2)24-14-23(26(15-28(24)43-31)38(3)44(4,41)42)19-9-25(35)30-27(10-19)39(16-37-30)22-12-20(33)11-21(34)13-22/h5-16H,1-4H3,(H,36,40). The number of aryl methyl sites for hydroxylation is 1. The molecule has 0 aliphatic heterocycles. The number of amides is 1. The smallest absolute Gasteiger partial charge is 0.255 e. The number of aromatic nitrogens is 2. The summed E-state index contributed by atoms with van der Waals surface area (Å²) in [6, 6.07) is 16.0. The highest BCUT2D eigenvalue weighted by atomic mass is 32.2. The Hall–Kier alpha value is -5.10. The van der Waals surface area contributed by atoms with Gasteiger partial charge in [0.25, 0.3) is 5.91 Å². The molecular formula is C32H25F3N4O4S. The molecule has 0 spiro atoms. The second-order valence-corrected chi connectivity index (χ2v) is 12.4. The topological polar surface area (TPSA) is 97.4 Å². The molecule has 6 rings (SSSR count). The maximum absolute atomic E-state index is 15.6. The number of imidazole rings is 1. The van der Waals surface area contributed by atoms with E-state index < -0.39 is 33.4 Å². The average molecular weight is 619 g/mol. The molecule has 0 aliphatic carbocycles. The maximum atomic E-state index is 15.6. The fourth-order valence-corrected chi connectivity index (χ4v) is 5.68. The Kier molecular flexibility index (Phi) is 6.96. The molecule has 0 aliphatic rings. The van der Waals surface area contributed by atoms with Crippen molar-refractivity contribution in [3.05, 3.63) is 102 Å². The molecule has 1 amide bonds. The molecular weight excluding hydrogens is 593 g/mol. The third-order valence-electron chi connectivity index (χ3n) is 7.45. The molecule has 2 heterocycles. The molecule has 44 heavy (non-hydrogen) atoms. The lowest BCUT2D eigenvalue weighted by Gasteiger charge is -2.21. The van der Waals surface area contributed by atoms with Gasteiger partial charge >= 0.3 is 0 Å². The third-order valence-corrected chi connectivity index (χ3v) is 8.64. The van der Waals surface area contributed by atoms with Gasteiger partial charge in [-0.3, -0.25) is 13.7 Å². The summed E-state index contributed by atoms with van der Waals surface area (Å²) < 4.78 is 77.7. The van der Waals surface area contributed by atoms with E-state index in [4.69, 9.17) is 4.42 Å². The van der Waals surface area contributed by atoms with E-state index in [0.29, 0.717) is 10.9 Å². The summed E-state index contributed by atoms with van der Waals surface area (Å²) in [5, 5.41) is 2.99. The lowest BCUT2D eigenvalue weighted by molar-refractivity contribution is 0.0964.